The summed E-state index contributed by atoms with van der Waals surface area (Å²) in [6.07, 6.45) is 0.691. The average molecular weight is 364 g/mol. The van der Waals surface area contributed by atoms with Gasteiger partial charge in [-0.1, -0.05) is 48.5 Å². The lowest BCUT2D eigenvalue weighted by Gasteiger charge is -2.10. The summed E-state index contributed by atoms with van der Waals surface area (Å²) >= 11 is 0. The van der Waals surface area contributed by atoms with Crippen molar-refractivity contribution in [3.8, 4) is 0 Å². The first-order chi connectivity index (χ1) is 13.1. The molecule has 0 radical (unpaired) electrons. The third kappa shape index (κ3) is 4.20. The molecule has 0 fully saturated rings. The Labute approximate surface area is 156 Å². The molecule has 0 atom stereocenters. The Balaban J connectivity index is 1.78. The Kier molecular flexibility index (Phi) is 5.61. The molecule has 0 saturated heterocycles. The first kappa shape index (κ1) is 18.3. The Morgan fingerprint density at radius 1 is 1.00 bits per heavy atom. The molecule has 0 aliphatic rings. The van der Waals surface area contributed by atoms with E-state index in [9.17, 15) is 14.4 Å². The largest absolute Gasteiger partial charge is 0.354 e. The van der Waals surface area contributed by atoms with Gasteiger partial charge in [-0.05, 0) is 18.1 Å². The molecule has 1 aromatic heterocycles. The third-order valence-electron chi connectivity index (χ3n) is 4.18. The van der Waals surface area contributed by atoms with Crippen molar-refractivity contribution in [2.45, 2.75) is 13.0 Å². The van der Waals surface area contributed by atoms with Crippen LogP contribution in [-0.4, -0.2) is 35.2 Å². The van der Waals surface area contributed by atoms with E-state index in [1.807, 2.05) is 30.3 Å². The second-order valence-electron chi connectivity index (χ2n) is 6.02. The van der Waals surface area contributed by atoms with Crippen molar-refractivity contribution >= 4 is 22.6 Å². The number of nitrogens with one attached hydrogen (secondary N) is 2. The van der Waals surface area contributed by atoms with Crippen LogP contribution in [0.5, 0.6) is 0 Å². The monoisotopic (exact) mass is 364 g/mol. The Morgan fingerprint density at radius 3 is 2.37 bits per heavy atom. The molecule has 3 aromatic rings. The van der Waals surface area contributed by atoms with Crippen LogP contribution in [0.2, 0.25) is 0 Å². The molecule has 2 aromatic carbocycles. The molecule has 0 unspecified atom stereocenters. The van der Waals surface area contributed by atoms with Crippen LogP contribution in [0.25, 0.3) is 10.8 Å². The maximum atomic E-state index is 12.6. The van der Waals surface area contributed by atoms with E-state index in [-0.39, 0.29) is 18.1 Å². The summed E-state index contributed by atoms with van der Waals surface area (Å²) in [5.41, 5.74) is 0.821. The number of nitrogens with zero attached hydrogens (tertiary/aromatic N) is 2. The minimum atomic E-state index is -0.413. The van der Waals surface area contributed by atoms with Crippen LogP contribution in [0.3, 0.4) is 0 Å². The van der Waals surface area contributed by atoms with Crippen molar-refractivity contribution in [3.05, 3.63) is 76.2 Å². The number of aromatic nitrogens is 2. The maximum absolute atomic E-state index is 12.6. The lowest BCUT2D eigenvalue weighted by molar-refractivity contribution is -0.121. The van der Waals surface area contributed by atoms with Crippen LogP contribution in [-0.2, 0) is 17.8 Å². The summed E-state index contributed by atoms with van der Waals surface area (Å²) in [5.74, 6) is -0.747. The summed E-state index contributed by atoms with van der Waals surface area (Å²) in [7, 11) is 1.49. The minimum absolute atomic E-state index is 0.116. The average Bonchev–Trinajstić information content (AvgIpc) is 2.70. The zero-order valence-corrected chi connectivity index (χ0v) is 14.9. The zero-order valence-electron chi connectivity index (χ0n) is 14.9. The van der Waals surface area contributed by atoms with Crippen LogP contribution in [0.15, 0.2) is 59.4 Å². The van der Waals surface area contributed by atoms with E-state index in [1.54, 1.807) is 24.3 Å². The van der Waals surface area contributed by atoms with E-state index >= 15 is 0 Å². The number of hydrogen-bond donors (Lipinski definition) is 2. The fourth-order valence-electron chi connectivity index (χ4n) is 2.81. The van der Waals surface area contributed by atoms with Gasteiger partial charge in [0.1, 0.15) is 6.54 Å². The number of rotatable bonds is 6. The molecule has 138 valence electrons. The quantitative estimate of drug-likeness (QED) is 0.685. The highest BCUT2D eigenvalue weighted by Crippen LogP contribution is 2.13. The van der Waals surface area contributed by atoms with Crippen LogP contribution < -0.4 is 16.2 Å². The molecule has 2 N–H and O–H groups in total. The van der Waals surface area contributed by atoms with Gasteiger partial charge in [-0.2, -0.15) is 5.10 Å². The number of fused-ring (bicyclic) bond motifs is 1. The summed E-state index contributed by atoms with van der Waals surface area (Å²) < 4.78 is 1.03. The van der Waals surface area contributed by atoms with Gasteiger partial charge in [-0.3, -0.25) is 14.4 Å². The molecule has 7 heteroatoms. The van der Waals surface area contributed by atoms with Gasteiger partial charge in [0.05, 0.1) is 5.39 Å². The smallest absolute Gasteiger partial charge is 0.275 e. The van der Waals surface area contributed by atoms with Gasteiger partial charge >= 0.3 is 0 Å². The van der Waals surface area contributed by atoms with E-state index in [0.717, 1.165) is 10.2 Å². The molecule has 7 nitrogen and oxygen atoms in total. The van der Waals surface area contributed by atoms with Gasteiger partial charge in [0.15, 0.2) is 5.69 Å². The van der Waals surface area contributed by atoms with E-state index in [1.165, 1.54) is 7.05 Å². The van der Waals surface area contributed by atoms with Gasteiger partial charge in [0.25, 0.3) is 11.5 Å². The first-order valence-electron chi connectivity index (χ1n) is 8.62. The SMILES string of the molecule is CNC(=O)c1nn(CC(=O)NCCc2ccccc2)c(=O)c2ccccc12. The van der Waals surface area contributed by atoms with Crippen molar-refractivity contribution < 1.29 is 9.59 Å². The normalized spacial score (nSPS) is 10.6. The summed E-state index contributed by atoms with van der Waals surface area (Å²) in [6, 6.07) is 16.5. The van der Waals surface area contributed by atoms with Crippen molar-refractivity contribution in [2.24, 2.45) is 0 Å². The molecule has 0 aliphatic carbocycles. The standard InChI is InChI=1S/C20H20N4O3/c1-21-19(26)18-15-9-5-6-10-16(15)20(27)24(23-18)13-17(25)22-12-11-14-7-3-2-4-8-14/h2-10H,11-13H2,1H3,(H,21,26)(H,22,25). The van der Waals surface area contributed by atoms with Crippen LogP contribution in [0.1, 0.15) is 16.1 Å². The van der Waals surface area contributed by atoms with E-state index in [4.69, 9.17) is 0 Å². The number of hydrogen-bond acceptors (Lipinski definition) is 4. The van der Waals surface area contributed by atoms with Gasteiger partial charge in [0, 0.05) is 19.0 Å². The predicted molar refractivity (Wildman–Crippen MR) is 103 cm³/mol. The second kappa shape index (κ2) is 8.27. The summed E-state index contributed by atoms with van der Waals surface area (Å²) in [4.78, 5) is 37.0. The Hall–Kier alpha value is -3.48. The highest BCUT2D eigenvalue weighted by atomic mass is 16.2. The highest BCUT2D eigenvalue weighted by Gasteiger charge is 2.16. The lowest BCUT2D eigenvalue weighted by Crippen LogP contribution is -2.36. The van der Waals surface area contributed by atoms with Crippen LogP contribution >= 0.6 is 0 Å². The van der Waals surface area contributed by atoms with E-state index < -0.39 is 11.5 Å². The molecule has 0 saturated carbocycles. The number of amides is 2. The van der Waals surface area contributed by atoms with Crippen molar-refractivity contribution in [1.29, 1.82) is 0 Å². The molecule has 1 heterocycles. The maximum Gasteiger partial charge on any atom is 0.275 e. The molecule has 0 bridgehead atoms. The third-order valence-corrected chi connectivity index (χ3v) is 4.18. The van der Waals surface area contributed by atoms with Gasteiger partial charge in [-0.25, -0.2) is 4.68 Å². The van der Waals surface area contributed by atoms with Crippen LogP contribution in [0, 0.1) is 0 Å². The van der Waals surface area contributed by atoms with E-state index in [0.29, 0.717) is 23.7 Å². The van der Waals surface area contributed by atoms with Crippen molar-refractivity contribution in [3.63, 3.8) is 0 Å². The van der Waals surface area contributed by atoms with Gasteiger partial charge in [-0.15, -0.1) is 0 Å². The predicted octanol–water partition coefficient (Wildman–Crippen LogP) is 1.12. The Bertz CT molecular complexity index is 1030. The molecule has 0 spiro atoms. The van der Waals surface area contributed by atoms with Gasteiger partial charge in [0.2, 0.25) is 5.91 Å². The van der Waals surface area contributed by atoms with Crippen LogP contribution in [0.4, 0.5) is 0 Å². The summed E-state index contributed by atoms with van der Waals surface area (Å²) in [5, 5.41) is 10.2. The molecular formula is C20H20N4O3. The number of carbonyl (C=O) groups excluding carboxylic acids is 2. The number of benzene rings is 2. The fourth-order valence-corrected chi connectivity index (χ4v) is 2.81. The summed E-state index contributed by atoms with van der Waals surface area (Å²) in [6.45, 7) is 0.204. The topological polar surface area (TPSA) is 93.1 Å². The molecular weight excluding hydrogens is 344 g/mol. The lowest BCUT2D eigenvalue weighted by atomic mass is 10.1. The zero-order chi connectivity index (χ0) is 19.2. The fraction of sp³-hybridized carbons (Fsp3) is 0.200. The molecule has 3 rings (SSSR count). The van der Waals surface area contributed by atoms with Crippen molar-refractivity contribution in [2.75, 3.05) is 13.6 Å². The molecule has 0 aliphatic heterocycles. The molecule has 2 amide bonds. The minimum Gasteiger partial charge on any atom is -0.354 e. The van der Waals surface area contributed by atoms with Crippen molar-refractivity contribution in [1.82, 2.24) is 20.4 Å². The van der Waals surface area contributed by atoms with Gasteiger partial charge < -0.3 is 10.6 Å². The first-order valence-corrected chi connectivity index (χ1v) is 8.62. The van der Waals surface area contributed by atoms with E-state index in [2.05, 4.69) is 15.7 Å². The molecule has 27 heavy (non-hydrogen) atoms. The Morgan fingerprint density at radius 2 is 1.67 bits per heavy atom. The highest BCUT2D eigenvalue weighted by molar-refractivity contribution is 6.04. The number of carbonyl (C=O) groups is 2. The second-order valence-corrected chi connectivity index (χ2v) is 6.02.